The first-order chi connectivity index (χ1) is 12.6. The number of sulfonamides is 1. The van der Waals surface area contributed by atoms with Crippen LogP contribution in [0, 0.1) is 11.2 Å². The quantitative estimate of drug-likeness (QED) is 0.790. The Kier molecular flexibility index (Phi) is 5.22. The molecule has 2 aliphatic rings. The number of halogens is 2. The third-order valence-corrected chi connectivity index (χ3v) is 7.46. The average molecular weight is 419 g/mol. The summed E-state index contributed by atoms with van der Waals surface area (Å²) in [6.07, 6.45) is 1.74. The summed E-state index contributed by atoms with van der Waals surface area (Å²) >= 11 is 5.69. The van der Waals surface area contributed by atoms with Crippen molar-refractivity contribution >= 4 is 33.5 Å². The molecule has 3 rings (SSSR count). The van der Waals surface area contributed by atoms with E-state index in [0.29, 0.717) is 32.0 Å². The zero-order valence-corrected chi connectivity index (χ0v) is 16.3. The molecule has 27 heavy (non-hydrogen) atoms. The topological polar surface area (TPSA) is 95.0 Å². The molecule has 1 amide bonds. The summed E-state index contributed by atoms with van der Waals surface area (Å²) in [6, 6.07) is 1.42. The number of aromatic carboxylic acids is 1. The highest BCUT2D eigenvalue weighted by atomic mass is 35.5. The second-order valence-corrected chi connectivity index (χ2v) is 9.29. The van der Waals surface area contributed by atoms with Crippen molar-refractivity contribution in [2.24, 2.45) is 5.41 Å². The maximum absolute atomic E-state index is 14.3. The normalized spacial score (nSPS) is 23.5. The molecule has 2 saturated heterocycles. The standard InChI is InChI=1S/C17H20ClFN2O5S/c1-2-5-20-6-3-17(16(20)24)4-7-21(10-17)27(25,26)14-8-11(15(22)23)12(18)9-13(14)19/h8-9H,2-7,10H2,1H3,(H,22,23). The van der Waals surface area contributed by atoms with Crippen LogP contribution in [0.15, 0.2) is 17.0 Å². The summed E-state index contributed by atoms with van der Waals surface area (Å²) in [5.74, 6) is -2.63. The van der Waals surface area contributed by atoms with Crippen LogP contribution in [0.5, 0.6) is 0 Å². The van der Waals surface area contributed by atoms with Crippen LogP contribution in [0.2, 0.25) is 5.02 Å². The number of carbonyl (C=O) groups excluding carboxylic acids is 1. The maximum atomic E-state index is 14.3. The summed E-state index contributed by atoms with van der Waals surface area (Å²) in [7, 11) is -4.29. The van der Waals surface area contributed by atoms with Crippen molar-refractivity contribution < 1.29 is 27.5 Å². The van der Waals surface area contributed by atoms with Crippen LogP contribution in [0.1, 0.15) is 36.5 Å². The molecule has 148 valence electrons. The van der Waals surface area contributed by atoms with E-state index in [2.05, 4.69) is 0 Å². The Hall–Kier alpha value is -1.71. The van der Waals surface area contributed by atoms with Crippen LogP contribution in [0.3, 0.4) is 0 Å². The lowest BCUT2D eigenvalue weighted by molar-refractivity contribution is -0.135. The molecular formula is C17H20ClFN2O5S. The van der Waals surface area contributed by atoms with Gasteiger partial charge in [0.15, 0.2) is 0 Å². The highest BCUT2D eigenvalue weighted by Crippen LogP contribution is 2.42. The van der Waals surface area contributed by atoms with Gasteiger partial charge in [0.2, 0.25) is 15.9 Å². The van der Waals surface area contributed by atoms with Crippen molar-refractivity contribution in [2.45, 2.75) is 31.1 Å². The Bertz CT molecular complexity index is 907. The van der Waals surface area contributed by atoms with Gasteiger partial charge >= 0.3 is 5.97 Å². The maximum Gasteiger partial charge on any atom is 0.337 e. The number of carboxylic acids is 1. The van der Waals surface area contributed by atoms with E-state index >= 15 is 0 Å². The first-order valence-electron chi connectivity index (χ1n) is 8.64. The fourth-order valence-electron chi connectivity index (χ4n) is 3.82. The zero-order valence-electron chi connectivity index (χ0n) is 14.7. The summed E-state index contributed by atoms with van der Waals surface area (Å²) < 4.78 is 41.2. The van der Waals surface area contributed by atoms with Gasteiger partial charge in [-0.2, -0.15) is 4.31 Å². The van der Waals surface area contributed by atoms with E-state index in [1.807, 2.05) is 6.92 Å². The van der Waals surface area contributed by atoms with Crippen LogP contribution in [-0.2, 0) is 14.8 Å². The molecule has 2 fully saturated rings. The minimum Gasteiger partial charge on any atom is -0.478 e. The van der Waals surface area contributed by atoms with Gasteiger partial charge in [0.05, 0.1) is 16.0 Å². The molecule has 10 heteroatoms. The van der Waals surface area contributed by atoms with Crippen molar-refractivity contribution in [1.82, 2.24) is 9.21 Å². The van der Waals surface area contributed by atoms with E-state index in [1.54, 1.807) is 4.90 Å². The SMILES string of the molecule is CCCN1CCC2(CCN(S(=O)(=O)c3cc(C(=O)O)c(Cl)cc3F)C2)C1=O. The summed E-state index contributed by atoms with van der Waals surface area (Å²) in [6.45, 7) is 3.23. The minimum atomic E-state index is -4.29. The molecular weight excluding hydrogens is 399 g/mol. The molecule has 1 aromatic rings. The molecule has 1 N–H and O–H groups in total. The van der Waals surface area contributed by atoms with Gasteiger partial charge in [-0.1, -0.05) is 18.5 Å². The van der Waals surface area contributed by atoms with Crippen LogP contribution in [-0.4, -0.2) is 60.8 Å². The van der Waals surface area contributed by atoms with E-state index < -0.39 is 37.7 Å². The first-order valence-corrected chi connectivity index (χ1v) is 10.5. The highest BCUT2D eigenvalue weighted by molar-refractivity contribution is 7.89. The lowest BCUT2D eigenvalue weighted by Gasteiger charge is -2.23. The molecule has 0 radical (unpaired) electrons. The van der Waals surface area contributed by atoms with Gasteiger partial charge in [0, 0.05) is 26.2 Å². The predicted molar refractivity (Wildman–Crippen MR) is 95.7 cm³/mol. The molecule has 1 spiro atoms. The molecule has 7 nitrogen and oxygen atoms in total. The molecule has 2 heterocycles. The summed E-state index contributed by atoms with van der Waals surface area (Å²) in [5, 5.41) is 8.75. The van der Waals surface area contributed by atoms with Crippen LogP contribution in [0.25, 0.3) is 0 Å². The van der Waals surface area contributed by atoms with Gasteiger partial charge in [-0.3, -0.25) is 4.79 Å². The molecule has 1 atom stereocenters. The molecule has 1 unspecified atom stereocenters. The third-order valence-electron chi connectivity index (χ3n) is 5.28. The van der Waals surface area contributed by atoms with E-state index in [0.717, 1.165) is 16.8 Å². The molecule has 0 saturated carbocycles. The lowest BCUT2D eigenvalue weighted by atomic mass is 9.86. The fourth-order valence-corrected chi connectivity index (χ4v) is 5.65. The van der Waals surface area contributed by atoms with Gasteiger partial charge in [0.1, 0.15) is 10.7 Å². The predicted octanol–water partition coefficient (Wildman–Crippen LogP) is 2.20. The number of amides is 1. The van der Waals surface area contributed by atoms with Crippen LogP contribution in [0.4, 0.5) is 4.39 Å². The number of benzene rings is 1. The van der Waals surface area contributed by atoms with E-state index in [-0.39, 0.29) is 24.0 Å². The van der Waals surface area contributed by atoms with Crippen LogP contribution >= 0.6 is 11.6 Å². The van der Waals surface area contributed by atoms with Crippen molar-refractivity contribution in [3.05, 3.63) is 28.5 Å². The number of hydrogen-bond donors (Lipinski definition) is 1. The third kappa shape index (κ3) is 3.32. The second-order valence-electron chi connectivity index (χ2n) is 6.98. The van der Waals surface area contributed by atoms with E-state index in [1.165, 1.54) is 0 Å². The van der Waals surface area contributed by atoms with Crippen molar-refractivity contribution in [1.29, 1.82) is 0 Å². The summed E-state index contributed by atoms with van der Waals surface area (Å²) in [5.41, 5.74) is -1.27. The molecule has 0 aliphatic carbocycles. The minimum absolute atomic E-state index is 0.0289. The van der Waals surface area contributed by atoms with Gasteiger partial charge in [-0.25, -0.2) is 17.6 Å². The van der Waals surface area contributed by atoms with E-state index in [9.17, 15) is 22.4 Å². The lowest BCUT2D eigenvalue weighted by Crippen LogP contribution is -2.38. The van der Waals surface area contributed by atoms with Gasteiger partial charge in [-0.05, 0) is 31.4 Å². The number of carbonyl (C=O) groups is 2. The molecule has 1 aromatic carbocycles. The van der Waals surface area contributed by atoms with Gasteiger partial charge < -0.3 is 10.0 Å². The number of hydrogen-bond acceptors (Lipinski definition) is 4. The van der Waals surface area contributed by atoms with Crippen molar-refractivity contribution in [3.63, 3.8) is 0 Å². The largest absolute Gasteiger partial charge is 0.478 e. The Morgan fingerprint density at radius 1 is 1.33 bits per heavy atom. The monoisotopic (exact) mass is 418 g/mol. The fraction of sp³-hybridized carbons (Fsp3) is 0.529. The van der Waals surface area contributed by atoms with Crippen molar-refractivity contribution in [2.75, 3.05) is 26.2 Å². The summed E-state index contributed by atoms with van der Waals surface area (Å²) in [4.78, 5) is 24.9. The number of likely N-dealkylation sites (tertiary alicyclic amines) is 1. The number of rotatable bonds is 5. The van der Waals surface area contributed by atoms with E-state index in [4.69, 9.17) is 16.7 Å². The van der Waals surface area contributed by atoms with Gasteiger partial charge in [-0.15, -0.1) is 0 Å². The highest BCUT2D eigenvalue weighted by Gasteiger charge is 2.53. The Labute approximate surface area is 161 Å². The smallest absolute Gasteiger partial charge is 0.337 e. The number of carboxylic acid groups (broad SMARTS) is 1. The molecule has 0 bridgehead atoms. The molecule has 2 aliphatic heterocycles. The first kappa shape index (κ1) is 20.0. The van der Waals surface area contributed by atoms with Crippen LogP contribution < -0.4 is 0 Å². The Balaban J connectivity index is 1.91. The average Bonchev–Trinajstić information content (AvgIpc) is 3.15. The Morgan fingerprint density at radius 3 is 2.63 bits per heavy atom. The number of nitrogens with zero attached hydrogens (tertiary/aromatic N) is 2. The molecule has 0 aromatic heterocycles. The zero-order chi connectivity index (χ0) is 20.0. The Morgan fingerprint density at radius 2 is 2.00 bits per heavy atom. The second kappa shape index (κ2) is 7.03. The van der Waals surface area contributed by atoms with Gasteiger partial charge in [0.25, 0.3) is 0 Å². The van der Waals surface area contributed by atoms with Crippen molar-refractivity contribution in [3.8, 4) is 0 Å².